The predicted molar refractivity (Wildman–Crippen MR) is 106 cm³/mol. The van der Waals surface area contributed by atoms with Crippen LogP contribution in [0.25, 0.3) is 10.8 Å². The molecular formula is C23H25NO2. The first-order chi connectivity index (χ1) is 12.7. The van der Waals surface area contributed by atoms with Crippen molar-refractivity contribution in [1.29, 1.82) is 0 Å². The molecule has 1 atom stereocenters. The Balaban J connectivity index is 1.63. The molecule has 0 aliphatic carbocycles. The van der Waals surface area contributed by atoms with Crippen LogP contribution in [0.1, 0.15) is 36.9 Å². The lowest BCUT2D eigenvalue weighted by Crippen LogP contribution is -2.28. The molecule has 26 heavy (non-hydrogen) atoms. The van der Waals surface area contributed by atoms with Gasteiger partial charge in [0, 0.05) is 6.42 Å². The largest absolute Gasteiger partial charge is 0.497 e. The highest BCUT2D eigenvalue weighted by atomic mass is 16.5. The van der Waals surface area contributed by atoms with Gasteiger partial charge in [0.15, 0.2) is 0 Å². The van der Waals surface area contributed by atoms with E-state index in [2.05, 4.69) is 42.6 Å². The fraction of sp³-hybridized carbons (Fsp3) is 0.261. The first-order valence-electron chi connectivity index (χ1n) is 9.11. The molecule has 0 saturated carbocycles. The first kappa shape index (κ1) is 18.0. The van der Waals surface area contributed by atoms with Crippen molar-refractivity contribution in [2.75, 3.05) is 7.11 Å². The minimum Gasteiger partial charge on any atom is -0.497 e. The van der Waals surface area contributed by atoms with Crippen molar-refractivity contribution in [3.05, 3.63) is 77.9 Å². The Kier molecular flexibility index (Phi) is 5.90. The number of fused-ring (bicyclic) bond motifs is 1. The zero-order chi connectivity index (χ0) is 18.4. The van der Waals surface area contributed by atoms with Crippen LogP contribution in [0.3, 0.4) is 0 Å². The van der Waals surface area contributed by atoms with E-state index in [4.69, 9.17) is 4.74 Å². The third kappa shape index (κ3) is 4.23. The highest BCUT2D eigenvalue weighted by molar-refractivity contribution is 5.86. The first-order valence-corrected chi connectivity index (χ1v) is 9.11. The van der Waals surface area contributed by atoms with E-state index in [0.717, 1.165) is 24.2 Å². The number of rotatable bonds is 7. The van der Waals surface area contributed by atoms with E-state index < -0.39 is 0 Å². The van der Waals surface area contributed by atoms with Crippen LogP contribution in [0.15, 0.2) is 66.7 Å². The average Bonchev–Trinajstić information content (AvgIpc) is 2.70. The summed E-state index contributed by atoms with van der Waals surface area (Å²) in [4.78, 5) is 12.5. The molecular weight excluding hydrogens is 322 g/mol. The van der Waals surface area contributed by atoms with Gasteiger partial charge in [-0.2, -0.15) is 0 Å². The Morgan fingerprint density at radius 1 is 1.00 bits per heavy atom. The van der Waals surface area contributed by atoms with Gasteiger partial charge in [-0.15, -0.1) is 0 Å². The molecule has 0 radical (unpaired) electrons. The molecule has 0 aliphatic heterocycles. The summed E-state index contributed by atoms with van der Waals surface area (Å²) in [6, 6.07) is 22.5. The summed E-state index contributed by atoms with van der Waals surface area (Å²) in [6.45, 7) is 2.08. The van der Waals surface area contributed by atoms with Crippen LogP contribution in [0, 0.1) is 0 Å². The third-order valence-electron chi connectivity index (χ3n) is 4.76. The van der Waals surface area contributed by atoms with Crippen molar-refractivity contribution in [3.63, 3.8) is 0 Å². The van der Waals surface area contributed by atoms with Gasteiger partial charge in [0.1, 0.15) is 5.75 Å². The van der Waals surface area contributed by atoms with Crippen molar-refractivity contribution >= 4 is 16.7 Å². The van der Waals surface area contributed by atoms with E-state index in [-0.39, 0.29) is 11.9 Å². The summed E-state index contributed by atoms with van der Waals surface area (Å²) >= 11 is 0. The SMILES string of the molecule is CC[C@H](NC(=O)CCc1cccc2ccccc12)c1ccc(OC)cc1. The molecule has 3 aromatic rings. The number of benzene rings is 3. The van der Waals surface area contributed by atoms with Gasteiger partial charge in [0.05, 0.1) is 13.2 Å². The summed E-state index contributed by atoms with van der Waals surface area (Å²) in [7, 11) is 1.65. The van der Waals surface area contributed by atoms with Gasteiger partial charge in [0.2, 0.25) is 5.91 Å². The maximum Gasteiger partial charge on any atom is 0.220 e. The predicted octanol–water partition coefficient (Wildman–Crippen LogP) is 5.05. The second kappa shape index (κ2) is 8.52. The molecule has 0 heterocycles. The van der Waals surface area contributed by atoms with Crippen LogP contribution in [0.2, 0.25) is 0 Å². The molecule has 0 bridgehead atoms. The minimum atomic E-state index is 0.0286. The summed E-state index contributed by atoms with van der Waals surface area (Å²) in [6.07, 6.45) is 2.08. The maximum absolute atomic E-state index is 12.5. The molecule has 1 amide bonds. The Morgan fingerprint density at radius 3 is 2.46 bits per heavy atom. The van der Waals surface area contributed by atoms with Gasteiger partial charge in [-0.25, -0.2) is 0 Å². The molecule has 0 aromatic heterocycles. The van der Waals surface area contributed by atoms with Crippen molar-refractivity contribution in [1.82, 2.24) is 5.32 Å². The normalized spacial score (nSPS) is 11.9. The zero-order valence-corrected chi connectivity index (χ0v) is 15.4. The van der Waals surface area contributed by atoms with Gasteiger partial charge in [-0.05, 0) is 46.9 Å². The monoisotopic (exact) mass is 347 g/mol. The minimum absolute atomic E-state index is 0.0286. The van der Waals surface area contributed by atoms with Gasteiger partial charge in [0.25, 0.3) is 0 Å². The summed E-state index contributed by atoms with van der Waals surface area (Å²) in [5.41, 5.74) is 2.32. The van der Waals surface area contributed by atoms with E-state index in [1.165, 1.54) is 16.3 Å². The quantitative estimate of drug-likeness (QED) is 0.649. The highest BCUT2D eigenvalue weighted by Gasteiger charge is 2.13. The van der Waals surface area contributed by atoms with Crippen molar-refractivity contribution in [3.8, 4) is 5.75 Å². The maximum atomic E-state index is 12.5. The molecule has 0 saturated heterocycles. The number of amides is 1. The smallest absolute Gasteiger partial charge is 0.220 e. The molecule has 1 N–H and O–H groups in total. The molecule has 3 heteroatoms. The third-order valence-corrected chi connectivity index (χ3v) is 4.76. The van der Waals surface area contributed by atoms with Crippen LogP contribution in [-0.4, -0.2) is 13.0 Å². The van der Waals surface area contributed by atoms with Crippen molar-refractivity contribution in [2.24, 2.45) is 0 Å². The molecule has 0 spiro atoms. The lowest BCUT2D eigenvalue weighted by atomic mass is 10.00. The Bertz CT molecular complexity index is 866. The van der Waals surface area contributed by atoms with E-state index in [1.54, 1.807) is 7.11 Å². The summed E-state index contributed by atoms with van der Waals surface area (Å²) in [5, 5.41) is 5.60. The van der Waals surface area contributed by atoms with E-state index >= 15 is 0 Å². The van der Waals surface area contributed by atoms with Gasteiger partial charge >= 0.3 is 0 Å². The van der Waals surface area contributed by atoms with E-state index in [1.807, 2.05) is 36.4 Å². The highest BCUT2D eigenvalue weighted by Crippen LogP contribution is 2.22. The number of hydrogen-bond acceptors (Lipinski definition) is 2. The number of aryl methyl sites for hydroxylation is 1. The van der Waals surface area contributed by atoms with Crippen LogP contribution >= 0.6 is 0 Å². The zero-order valence-electron chi connectivity index (χ0n) is 15.4. The second-order valence-electron chi connectivity index (χ2n) is 6.44. The topological polar surface area (TPSA) is 38.3 Å². The summed E-state index contributed by atoms with van der Waals surface area (Å²) < 4.78 is 5.20. The van der Waals surface area contributed by atoms with Crippen LogP contribution in [-0.2, 0) is 11.2 Å². The van der Waals surface area contributed by atoms with E-state index in [9.17, 15) is 4.79 Å². The Labute approximate surface area is 155 Å². The number of ether oxygens (including phenoxy) is 1. The molecule has 0 fully saturated rings. The Morgan fingerprint density at radius 2 is 1.73 bits per heavy atom. The average molecular weight is 347 g/mol. The van der Waals surface area contributed by atoms with Gasteiger partial charge in [-0.3, -0.25) is 4.79 Å². The van der Waals surface area contributed by atoms with E-state index in [0.29, 0.717) is 6.42 Å². The van der Waals surface area contributed by atoms with Crippen LogP contribution in [0.4, 0.5) is 0 Å². The lowest BCUT2D eigenvalue weighted by Gasteiger charge is -2.18. The van der Waals surface area contributed by atoms with Gasteiger partial charge in [-0.1, -0.05) is 61.5 Å². The standard InChI is InChI=1S/C23H25NO2/c1-3-22(19-11-14-20(26-2)15-12-19)24-23(25)16-13-18-9-6-8-17-7-4-5-10-21(17)18/h4-12,14-15,22H,3,13,16H2,1-2H3,(H,24,25)/t22-/m0/s1. The van der Waals surface area contributed by atoms with Gasteiger partial charge < -0.3 is 10.1 Å². The molecule has 0 aliphatic rings. The number of nitrogens with one attached hydrogen (secondary N) is 1. The molecule has 3 nitrogen and oxygen atoms in total. The molecule has 3 rings (SSSR count). The van der Waals surface area contributed by atoms with Crippen molar-refractivity contribution < 1.29 is 9.53 Å². The molecule has 3 aromatic carbocycles. The number of carbonyl (C=O) groups excluding carboxylic acids is 1. The number of carbonyl (C=O) groups is 1. The molecule has 0 unspecified atom stereocenters. The summed E-state index contributed by atoms with van der Waals surface area (Å²) in [5.74, 6) is 0.909. The number of methoxy groups -OCH3 is 1. The molecule has 134 valence electrons. The van der Waals surface area contributed by atoms with Crippen LogP contribution < -0.4 is 10.1 Å². The fourth-order valence-corrected chi connectivity index (χ4v) is 3.28. The Hall–Kier alpha value is -2.81. The lowest BCUT2D eigenvalue weighted by molar-refractivity contribution is -0.121. The fourth-order valence-electron chi connectivity index (χ4n) is 3.28. The number of hydrogen-bond donors (Lipinski definition) is 1. The van der Waals surface area contributed by atoms with Crippen LogP contribution in [0.5, 0.6) is 5.75 Å². The van der Waals surface area contributed by atoms with Crippen molar-refractivity contribution in [2.45, 2.75) is 32.2 Å². The second-order valence-corrected chi connectivity index (χ2v) is 6.44.